The van der Waals surface area contributed by atoms with Gasteiger partial charge in [0.15, 0.2) is 9.84 Å². The van der Waals surface area contributed by atoms with Crippen molar-refractivity contribution >= 4 is 15.8 Å². The van der Waals surface area contributed by atoms with Gasteiger partial charge in [-0.3, -0.25) is 4.79 Å². The molecule has 1 atom stereocenters. The molecule has 1 aliphatic heterocycles. The Hall–Kier alpha value is -0.620. The normalized spacial score (nSPS) is 34.4. The van der Waals surface area contributed by atoms with E-state index in [1.165, 1.54) is 0 Å². The third-order valence-corrected chi connectivity index (χ3v) is 3.85. The molecular weight excluding hydrogens is 182 g/mol. The number of carbonyl (C=O) groups is 1. The first-order valence-corrected chi connectivity index (χ1v) is 5.41. The van der Waals surface area contributed by atoms with Gasteiger partial charge in [-0.2, -0.15) is 0 Å². The molecule has 0 bridgehead atoms. The van der Waals surface area contributed by atoms with Gasteiger partial charge >= 0.3 is 5.97 Å². The van der Waals surface area contributed by atoms with Gasteiger partial charge in [-0.05, 0) is 12.8 Å². The highest BCUT2D eigenvalue weighted by Gasteiger charge is 2.41. The fourth-order valence-corrected chi connectivity index (χ4v) is 3.09. The van der Waals surface area contributed by atoms with E-state index in [9.17, 15) is 13.2 Å². The molecule has 0 aromatic heterocycles. The zero-order chi connectivity index (χ0) is 9.41. The number of carboxylic acid groups (broad SMARTS) is 1. The van der Waals surface area contributed by atoms with E-state index in [-0.39, 0.29) is 12.2 Å². The first kappa shape index (κ1) is 9.47. The average molecular weight is 193 g/mol. The predicted octanol–water partition coefficient (Wildman–Crippen LogP) is -1.02. The maximum absolute atomic E-state index is 11.0. The van der Waals surface area contributed by atoms with Gasteiger partial charge in [-0.1, -0.05) is 0 Å². The maximum atomic E-state index is 11.0. The van der Waals surface area contributed by atoms with E-state index < -0.39 is 27.1 Å². The Morgan fingerprint density at radius 3 is 2.42 bits per heavy atom. The van der Waals surface area contributed by atoms with Gasteiger partial charge in [0.2, 0.25) is 0 Å². The number of nitrogens with two attached hydrogens (primary N) is 1. The molecule has 6 heteroatoms. The van der Waals surface area contributed by atoms with Crippen LogP contribution in [0, 0.1) is 0 Å². The van der Waals surface area contributed by atoms with Crippen LogP contribution >= 0.6 is 0 Å². The van der Waals surface area contributed by atoms with Crippen LogP contribution in [-0.2, 0) is 14.6 Å². The monoisotopic (exact) mass is 193 g/mol. The zero-order valence-electron chi connectivity index (χ0n) is 6.49. The Morgan fingerprint density at radius 1 is 1.50 bits per heavy atom. The number of sulfone groups is 1. The molecule has 1 rings (SSSR count). The number of carboxylic acids is 1. The molecule has 1 heterocycles. The number of rotatable bonds is 1. The molecule has 70 valence electrons. The summed E-state index contributed by atoms with van der Waals surface area (Å²) >= 11 is 0. The van der Waals surface area contributed by atoms with Crippen molar-refractivity contribution in [3.8, 4) is 0 Å². The van der Waals surface area contributed by atoms with Gasteiger partial charge in [0.25, 0.3) is 0 Å². The summed E-state index contributed by atoms with van der Waals surface area (Å²) in [7, 11) is -3.24. The van der Waals surface area contributed by atoms with E-state index in [0.717, 1.165) is 0 Å². The van der Waals surface area contributed by atoms with E-state index in [1.807, 2.05) is 0 Å². The Bertz CT molecular complexity index is 297. The van der Waals surface area contributed by atoms with E-state index in [2.05, 4.69) is 0 Å². The molecule has 3 N–H and O–H groups in total. The first-order chi connectivity index (χ1) is 5.36. The zero-order valence-corrected chi connectivity index (χ0v) is 7.30. The summed E-state index contributed by atoms with van der Waals surface area (Å²) in [4.78, 5) is 10.6. The highest BCUT2D eigenvalue weighted by atomic mass is 32.2. The molecular formula is C6H11NO4S. The lowest BCUT2D eigenvalue weighted by atomic mass is 9.97. The minimum atomic E-state index is -3.24. The fourth-order valence-electron chi connectivity index (χ4n) is 1.31. The topological polar surface area (TPSA) is 97.5 Å². The van der Waals surface area contributed by atoms with Crippen LogP contribution in [0.15, 0.2) is 0 Å². The molecule has 0 aromatic rings. The summed E-state index contributed by atoms with van der Waals surface area (Å²) in [5.74, 6) is -1.61. The summed E-state index contributed by atoms with van der Waals surface area (Å²) < 4.78 is 22.1. The van der Waals surface area contributed by atoms with Crippen molar-refractivity contribution in [1.82, 2.24) is 0 Å². The predicted molar refractivity (Wildman–Crippen MR) is 42.4 cm³/mol. The Labute approximate surface area is 70.5 Å². The highest BCUT2D eigenvalue weighted by Crippen LogP contribution is 2.20. The lowest BCUT2D eigenvalue weighted by molar-refractivity contribution is -0.142. The quantitative estimate of drug-likeness (QED) is 0.555. The van der Waals surface area contributed by atoms with Gasteiger partial charge in [0.05, 0.1) is 11.5 Å². The third-order valence-electron chi connectivity index (χ3n) is 1.98. The molecule has 5 nitrogen and oxygen atoms in total. The number of hydrogen-bond acceptors (Lipinski definition) is 4. The molecule has 1 unspecified atom stereocenters. The van der Waals surface area contributed by atoms with Crippen LogP contribution in [0.1, 0.15) is 12.8 Å². The molecule has 0 saturated carbocycles. The van der Waals surface area contributed by atoms with Crippen molar-refractivity contribution in [1.29, 1.82) is 0 Å². The van der Waals surface area contributed by atoms with E-state index in [4.69, 9.17) is 10.8 Å². The van der Waals surface area contributed by atoms with Crippen LogP contribution in [0.5, 0.6) is 0 Å². The van der Waals surface area contributed by atoms with Crippen molar-refractivity contribution in [2.75, 3.05) is 11.5 Å². The van der Waals surface area contributed by atoms with E-state index >= 15 is 0 Å². The highest BCUT2D eigenvalue weighted by molar-refractivity contribution is 7.91. The lowest BCUT2D eigenvalue weighted by Crippen LogP contribution is -2.56. The van der Waals surface area contributed by atoms with Gasteiger partial charge in [-0.25, -0.2) is 8.42 Å². The van der Waals surface area contributed by atoms with Gasteiger partial charge in [0, 0.05) is 0 Å². The average Bonchev–Trinajstić information content (AvgIpc) is 1.83. The summed E-state index contributed by atoms with van der Waals surface area (Å²) in [6.45, 7) is 0. The largest absolute Gasteiger partial charge is 0.480 e. The molecule has 0 aliphatic carbocycles. The summed E-state index contributed by atoms with van der Waals surface area (Å²) in [6.07, 6.45) is 0.576. The van der Waals surface area contributed by atoms with E-state index in [0.29, 0.717) is 6.42 Å². The van der Waals surface area contributed by atoms with Crippen molar-refractivity contribution in [2.45, 2.75) is 18.4 Å². The van der Waals surface area contributed by atoms with Crippen molar-refractivity contribution in [2.24, 2.45) is 5.73 Å². The molecule has 1 aliphatic rings. The molecule has 0 aromatic carbocycles. The number of aliphatic carboxylic acids is 1. The molecule has 0 radical (unpaired) electrons. The van der Waals surface area contributed by atoms with Crippen molar-refractivity contribution in [3.05, 3.63) is 0 Å². The van der Waals surface area contributed by atoms with Crippen molar-refractivity contribution in [3.63, 3.8) is 0 Å². The standard InChI is InChI=1S/C6H11NO4S/c7-6(5(8)9)2-1-3-12(10,11)4-6/h1-4,7H2,(H,8,9). The maximum Gasteiger partial charge on any atom is 0.324 e. The third kappa shape index (κ3) is 1.75. The fraction of sp³-hybridized carbons (Fsp3) is 0.833. The Kier molecular flexibility index (Phi) is 2.13. The molecule has 0 amide bonds. The van der Waals surface area contributed by atoms with E-state index in [1.54, 1.807) is 0 Å². The van der Waals surface area contributed by atoms with Crippen molar-refractivity contribution < 1.29 is 18.3 Å². The minimum absolute atomic E-state index is 0.0548. The summed E-state index contributed by atoms with van der Waals surface area (Å²) in [6, 6.07) is 0. The minimum Gasteiger partial charge on any atom is -0.480 e. The summed E-state index contributed by atoms with van der Waals surface area (Å²) in [5.41, 5.74) is 3.84. The second kappa shape index (κ2) is 2.70. The Morgan fingerprint density at radius 2 is 2.08 bits per heavy atom. The lowest BCUT2D eigenvalue weighted by Gasteiger charge is -2.28. The summed E-state index contributed by atoms with van der Waals surface area (Å²) in [5, 5.41) is 8.64. The Balaban J connectivity index is 2.89. The SMILES string of the molecule is NC1(C(=O)O)CCCS(=O)(=O)C1. The van der Waals surface area contributed by atoms with Crippen LogP contribution in [0.4, 0.5) is 0 Å². The first-order valence-electron chi connectivity index (χ1n) is 3.58. The smallest absolute Gasteiger partial charge is 0.324 e. The molecule has 1 saturated heterocycles. The van der Waals surface area contributed by atoms with Gasteiger partial charge in [0.1, 0.15) is 5.54 Å². The van der Waals surface area contributed by atoms with Crippen LogP contribution in [-0.4, -0.2) is 36.5 Å². The molecule has 0 spiro atoms. The van der Waals surface area contributed by atoms with Gasteiger partial charge < -0.3 is 10.8 Å². The molecule has 1 fully saturated rings. The second-order valence-electron chi connectivity index (χ2n) is 3.16. The van der Waals surface area contributed by atoms with Crippen LogP contribution < -0.4 is 5.73 Å². The van der Waals surface area contributed by atoms with Gasteiger partial charge in [-0.15, -0.1) is 0 Å². The van der Waals surface area contributed by atoms with Crippen LogP contribution in [0.25, 0.3) is 0 Å². The van der Waals surface area contributed by atoms with Crippen LogP contribution in [0.2, 0.25) is 0 Å². The molecule has 12 heavy (non-hydrogen) atoms. The van der Waals surface area contributed by atoms with Crippen LogP contribution in [0.3, 0.4) is 0 Å². The number of hydrogen-bond donors (Lipinski definition) is 2. The second-order valence-corrected chi connectivity index (χ2v) is 5.34.